The number of phenols is 3. The molecule has 0 radical (unpaired) electrons. The molecule has 26 heavy (non-hydrogen) atoms. The molecule has 5 nitrogen and oxygen atoms in total. The zero-order valence-electron chi connectivity index (χ0n) is 14.2. The minimum Gasteiger partial charge on any atom is -0.504 e. The largest absolute Gasteiger partial charge is 0.504 e. The molecule has 0 saturated heterocycles. The first-order chi connectivity index (χ1) is 12.2. The van der Waals surface area contributed by atoms with Gasteiger partial charge in [-0.15, -0.1) is 0 Å². The van der Waals surface area contributed by atoms with Crippen LogP contribution < -0.4 is 5.32 Å². The molecule has 7 heteroatoms. The van der Waals surface area contributed by atoms with E-state index in [0.717, 1.165) is 21.2 Å². The fourth-order valence-corrected chi connectivity index (χ4v) is 3.04. The van der Waals surface area contributed by atoms with E-state index < -0.39 is 17.2 Å². The maximum absolute atomic E-state index is 9.53. The normalized spacial score (nSPS) is 11.1. The van der Waals surface area contributed by atoms with Crippen molar-refractivity contribution in [2.45, 2.75) is 20.4 Å². The van der Waals surface area contributed by atoms with E-state index in [2.05, 4.69) is 27.3 Å². The van der Waals surface area contributed by atoms with E-state index in [1.807, 2.05) is 26.0 Å². The molecule has 0 heterocycles. The van der Waals surface area contributed by atoms with Crippen LogP contribution in [0.4, 0.5) is 0 Å². The average molecular weight is 433 g/mol. The van der Waals surface area contributed by atoms with Crippen molar-refractivity contribution in [2.75, 3.05) is 0 Å². The van der Waals surface area contributed by atoms with Gasteiger partial charge in [0.15, 0.2) is 17.2 Å². The second kappa shape index (κ2) is 8.21. The highest BCUT2D eigenvalue weighted by atomic mass is 79.9. The fraction of sp³-hybridized carbons (Fsp3) is 0.158. The van der Waals surface area contributed by atoms with Crippen molar-refractivity contribution in [3.05, 3.63) is 56.6 Å². The number of halogens is 1. The number of aryl methyl sites for hydroxylation is 1. The van der Waals surface area contributed by atoms with Crippen molar-refractivity contribution < 1.29 is 15.3 Å². The zero-order chi connectivity index (χ0) is 19.4. The summed E-state index contributed by atoms with van der Waals surface area (Å²) in [5.74, 6) is -1.43. The molecule has 0 aliphatic heterocycles. The number of rotatable bonds is 4. The summed E-state index contributed by atoms with van der Waals surface area (Å²) in [5, 5.41) is 40.7. The monoisotopic (exact) mass is 432 g/mol. The van der Waals surface area contributed by atoms with E-state index in [4.69, 9.17) is 12.2 Å². The van der Waals surface area contributed by atoms with Crippen molar-refractivity contribution in [2.24, 2.45) is 0 Å². The van der Waals surface area contributed by atoms with E-state index in [1.165, 1.54) is 12.1 Å². The van der Waals surface area contributed by atoms with Gasteiger partial charge in [-0.3, -0.25) is 0 Å². The lowest BCUT2D eigenvalue weighted by Crippen LogP contribution is -2.22. The van der Waals surface area contributed by atoms with Crippen LogP contribution in [0.5, 0.6) is 17.2 Å². The van der Waals surface area contributed by atoms with E-state index in [1.54, 1.807) is 6.08 Å². The van der Waals surface area contributed by atoms with Gasteiger partial charge in [-0.2, -0.15) is 5.26 Å². The summed E-state index contributed by atoms with van der Waals surface area (Å²) >= 11 is 8.77. The van der Waals surface area contributed by atoms with E-state index in [9.17, 15) is 20.6 Å². The number of nitrogens with zero attached hydrogens (tertiary/aromatic N) is 1. The fourth-order valence-electron chi connectivity index (χ4n) is 2.28. The molecule has 0 spiro atoms. The molecule has 2 rings (SSSR count). The summed E-state index contributed by atoms with van der Waals surface area (Å²) in [6, 6.07) is 8.57. The average Bonchev–Trinajstić information content (AvgIpc) is 2.59. The van der Waals surface area contributed by atoms with Gasteiger partial charge in [-0.1, -0.05) is 34.2 Å². The number of phenolic OH excluding ortho intramolecular Hbond substituents is 3. The van der Waals surface area contributed by atoms with Crippen molar-refractivity contribution in [1.82, 2.24) is 5.32 Å². The SMILES string of the molecule is Cc1cc(/C=C(\C#N)C(=S)NCc2cc(O)c(O)c(O)c2)cc(Br)c1C. The Balaban J connectivity index is 2.18. The molecule has 0 unspecified atom stereocenters. The number of thiocarbonyl (C=S) groups is 1. The first-order valence-corrected chi connectivity index (χ1v) is 8.83. The van der Waals surface area contributed by atoms with Crippen LogP contribution in [0.15, 0.2) is 34.3 Å². The van der Waals surface area contributed by atoms with Gasteiger partial charge in [-0.05, 0) is 60.4 Å². The number of nitriles is 1. The van der Waals surface area contributed by atoms with Crippen LogP contribution in [-0.4, -0.2) is 20.3 Å². The Kier molecular flexibility index (Phi) is 6.24. The zero-order valence-corrected chi connectivity index (χ0v) is 16.6. The van der Waals surface area contributed by atoms with Crippen LogP contribution in [0, 0.1) is 25.2 Å². The third-order valence-electron chi connectivity index (χ3n) is 3.88. The Labute approximate surface area is 165 Å². The molecule has 0 fully saturated rings. The number of aromatic hydroxyl groups is 3. The molecule has 0 aliphatic rings. The Morgan fingerprint density at radius 1 is 1.19 bits per heavy atom. The highest BCUT2D eigenvalue weighted by molar-refractivity contribution is 9.10. The highest BCUT2D eigenvalue weighted by Crippen LogP contribution is 2.35. The maximum atomic E-state index is 9.53. The first-order valence-electron chi connectivity index (χ1n) is 7.63. The van der Waals surface area contributed by atoms with Crippen molar-refractivity contribution in [3.8, 4) is 23.3 Å². The molecule has 0 aliphatic carbocycles. The molecule has 0 saturated carbocycles. The quantitative estimate of drug-likeness (QED) is 0.250. The summed E-state index contributed by atoms with van der Waals surface area (Å²) < 4.78 is 0.954. The van der Waals surface area contributed by atoms with Crippen LogP contribution in [-0.2, 0) is 6.54 Å². The van der Waals surface area contributed by atoms with Crippen molar-refractivity contribution in [1.29, 1.82) is 5.26 Å². The Hall–Kier alpha value is -2.56. The standard InChI is InChI=1S/C19H17BrN2O3S/c1-10-3-12(5-15(20)11(10)2)4-14(8-21)19(26)22-9-13-6-16(23)18(25)17(24)7-13/h3-7,23-25H,9H2,1-2H3,(H,22,26)/b14-4+. The Morgan fingerprint density at radius 3 is 2.35 bits per heavy atom. The summed E-state index contributed by atoms with van der Waals surface area (Å²) in [7, 11) is 0. The van der Waals surface area contributed by atoms with Crippen molar-refractivity contribution in [3.63, 3.8) is 0 Å². The van der Waals surface area contributed by atoms with Gasteiger partial charge in [-0.25, -0.2) is 0 Å². The lowest BCUT2D eigenvalue weighted by molar-refractivity contribution is 0.367. The number of benzene rings is 2. The van der Waals surface area contributed by atoms with Crippen molar-refractivity contribution >= 4 is 39.2 Å². The molecule has 0 bridgehead atoms. The van der Waals surface area contributed by atoms with Gasteiger partial charge in [0.1, 0.15) is 11.1 Å². The van der Waals surface area contributed by atoms with E-state index >= 15 is 0 Å². The van der Waals surface area contributed by atoms with E-state index in [-0.39, 0.29) is 11.5 Å². The van der Waals surface area contributed by atoms with Gasteiger partial charge >= 0.3 is 0 Å². The number of hydrogen-bond acceptors (Lipinski definition) is 5. The number of nitrogens with one attached hydrogen (secondary N) is 1. The van der Waals surface area contributed by atoms with Gasteiger partial charge in [0.25, 0.3) is 0 Å². The van der Waals surface area contributed by atoms with Crippen LogP contribution in [0.1, 0.15) is 22.3 Å². The summed E-state index contributed by atoms with van der Waals surface area (Å²) in [6.07, 6.45) is 1.69. The topological polar surface area (TPSA) is 96.5 Å². The van der Waals surface area contributed by atoms with Gasteiger partial charge in [0, 0.05) is 11.0 Å². The molecule has 2 aromatic rings. The third kappa shape index (κ3) is 4.54. The predicted molar refractivity (Wildman–Crippen MR) is 108 cm³/mol. The third-order valence-corrected chi connectivity index (χ3v) is 5.07. The van der Waals surface area contributed by atoms with Gasteiger partial charge in [0.2, 0.25) is 0 Å². The van der Waals surface area contributed by atoms with Crippen LogP contribution >= 0.6 is 28.1 Å². The molecule has 4 N–H and O–H groups in total. The smallest absolute Gasteiger partial charge is 0.200 e. The summed E-state index contributed by atoms with van der Waals surface area (Å²) in [4.78, 5) is 0.244. The second-order valence-corrected chi connectivity index (χ2v) is 7.04. The number of hydrogen-bond donors (Lipinski definition) is 4. The van der Waals surface area contributed by atoms with Crippen LogP contribution in [0.2, 0.25) is 0 Å². The Bertz CT molecular complexity index is 902. The highest BCUT2D eigenvalue weighted by Gasteiger charge is 2.10. The van der Waals surface area contributed by atoms with Crippen LogP contribution in [0.25, 0.3) is 6.08 Å². The molecular weight excluding hydrogens is 416 g/mol. The molecule has 2 aromatic carbocycles. The predicted octanol–water partition coefficient (Wildman–Crippen LogP) is 4.21. The van der Waals surface area contributed by atoms with Gasteiger partial charge < -0.3 is 20.6 Å². The second-order valence-electron chi connectivity index (χ2n) is 5.78. The maximum Gasteiger partial charge on any atom is 0.200 e. The lowest BCUT2D eigenvalue weighted by Gasteiger charge is -2.10. The first kappa shape index (κ1) is 19.8. The Morgan fingerprint density at radius 2 is 1.81 bits per heavy atom. The molecule has 134 valence electrons. The lowest BCUT2D eigenvalue weighted by atomic mass is 10.0. The minimum atomic E-state index is -0.575. The van der Waals surface area contributed by atoms with E-state index in [0.29, 0.717) is 11.1 Å². The summed E-state index contributed by atoms with van der Waals surface area (Å²) in [6.45, 7) is 4.17. The molecule has 0 aromatic heterocycles. The molecular formula is C19H17BrN2O3S. The molecule has 0 amide bonds. The molecule has 0 atom stereocenters. The van der Waals surface area contributed by atoms with Crippen LogP contribution in [0.3, 0.4) is 0 Å². The van der Waals surface area contributed by atoms with Gasteiger partial charge in [0.05, 0.1) is 5.57 Å². The summed E-state index contributed by atoms with van der Waals surface area (Å²) in [5.41, 5.74) is 3.87. The minimum absolute atomic E-state index is 0.176.